The van der Waals surface area contributed by atoms with Crippen molar-refractivity contribution in [2.24, 2.45) is 17.8 Å². The minimum atomic E-state index is -0.576. The molecule has 3 aliphatic rings. The fourth-order valence-corrected chi connectivity index (χ4v) is 6.01. The van der Waals surface area contributed by atoms with Gasteiger partial charge in [-0.25, -0.2) is 4.79 Å². The van der Waals surface area contributed by atoms with Crippen LogP contribution in [-0.2, 0) is 10.2 Å². The first kappa shape index (κ1) is 21.1. The molecule has 0 bridgehead atoms. The number of hydrogen-bond acceptors (Lipinski definition) is 5. The number of nitriles is 1. The van der Waals surface area contributed by atoms with Crippen LogP contribution in [-0.4, -0.2) is 56.9 Å². The van der Waals surface area contributed by atoms with E-state index in [2.05, 4.69) is 33.7 Å². The van der Waals surface area contributed by atoms with Crippen molar-refractivity contribution >= 4 is 6.09 Å². The lowest BCUT2D eigenvalue weighted by atomic mass is 9.59. The molecule has 1 saturated carbocycles. The number of hydrogen-bond donors (Lipinski definition) is 2. The summed E-state index contributed by atoms with van der Waals surface area (Å²) in [6.07, 6.45) is 4.57. The third-order valence-corrected chi connectivity index (χ3v) is 7.64. The lowest BCUT2D eigenvalue weighted by Crippen LogP contribution is -2.54. The highest BCUT2D eigenvalue weighted by Crippen LogP contribution is 2.50. The van der Waals surface area contributed by atoms with Crippen LogP contribution in [0.25, 0.3) is 0 Å². The average molecular weight is 411 g/mol. The highest BCUT2D eigenvalue weighted by atomic mass is 16.5. The van der Waals surface area contributed by atoms with Crippen LogP contribution in [0, 0.1) is 29.1 Å². The summed E-state index contributed by atoms with van der Waals surface area (Å²) in [6.45, 7) is 5.54. The molecule has 1 amide bonds. The first-order chi connectivity index (χ1) is 14.7. The number of nitrogens with zero attached hydrogens (tertiary/aromatic N) is 2. The molecule has 2 saturated heterocycles. The van der Waals surface area contributed by atoms with E-state index in [9.17, 15) is 10.1 Å². The number of likely N-dealkylation sites (tertiary alicyclic amines) is 1. The van der Waals surface area contributed by atoms with Gasteiger partial charge in [0.05, 0.1) is 18.6 Å². The summed E-state index contributed by atoms with van der Waals surface area (Å²) >= 11 is 0. The highest BCUT2D eigenvalue weighted by molar-refractivity contribution is 5.67. The monoisotopic (exact) mass is 410 g/mol. The molecule has 30 heavy (non-hydrogen) atoms. The summed E-state index contributed by atoms with van der Waals surface area (Å²) in [5.74, 6) is 1.18. The zero-order valence-corrected chi connectivity index (χ0v) is 18.0. The van der Waals surface area contributed by atoms with Crippen LogP contribution in [0.2, 0.25) is 0 Å². The van der Waals surface area contributed by atoms with Gasteiger partial charge in [0.1, 0.15) is 0 Å². The molecule has 0 radical (unpaired) electrons. The number of methoxy groups -OCH3 is 1. The number of carbonyl (C=O) groups excluding carboxylic acids is 1. The average Bonchev–Trinajstić information content (AvgIpc) is 3.22. The number of alkyl carbamates (subject to hydrolysis) is 1. The van der Waals surface area contributed by atoms with E-state index in [-0.39, 0.29) is 12.0 Å². The molecule has 0 aromatic heterocycles. The van der Waals surface area contributed by atoms with Crippen LogP contribution >= 0.6 is 0 Å². The predicted octanol–water partition coefficient (Wildman–Crippen LogP) is 2.90. The molecule has 4 rings (SSSR count). The zero-order chi connectivity index (χ0) is 21.0. The molecule has 2 heterocycles. The van der Waals surface area contributed by atoms with Gasteiger partial charge in [0.25, 0.3) is 0 Å². The Morgan fingerprint density at radius 2 is 1.97 bits per heavy atom. The van der Waals surface area contributed by atoms with E-state index in [1.165, 1.54) is 13.7 Å². The Morgan fingerprint density at radius 1 is 1.23 bits per heavy atom. The fourth-order valence-electron chi connectivity index (χ4n) is 6.01. The smallest absolute Gasteiger partial charge is 0.407 e. The van der Waals surface area contributed by atoms with Crippen molar-refractivity contribution in [1.82, 2.24) is 15.5 Å². The van der Waals surface area contributed by atoms with Gasteiger partial charge in [-0.1, -0.05) is 36.8 Å². The SMILES string of the molecule is COC(=O)N[C@H]1CCC[C@@H]1[C@](C#N)(c1ccccc1)C1CCN(CC2CNC2)CC1. The van der Waals surface area contributed by atoms with Gasteiger partial charge in [0.15, 0.2) is 0 Å². The van der Waals surface area contributed by atoms with Gasteiger partial charge in [-0.15, -0.1) is 0 Å². The van der Waals surface area contributed by atoms with E-state index in [1.54, 1.807) is 0 Å². The summed E-state index contributed by atoms with van der Waals surface area (Å²) in [7, 11) is 1.40. The summed E-state index contributed by atoms with van der Waals surface area (Å²) in [4.78, 5) is 14.6. The van der Waals surface area contributed by atoms with E-state index < -0.39 is 11.5 Å². The molecule has 2 N–H and O–H groups in total. The molecule has 1 aromatic carbocycles. The zero-order valence-electron chi connectivity index (χ0n) is 18.0. The third-order valence-electron chi connectivity index (χ3n) is 7.64. The lowest BCUT2D eigenvalue weighted by Gasteiger charge is -2.46. The molecule has 6 nitrogen and oxygen atoms in total. The molecule has 3 atom stereocenters. The van der Waals surface area contributed by atoms with Crippen molar-refractivity contribution in [2.75, 3.05) is 39.8 Å². The second-order valence-corrected chi connectivity index (χ2v) is 9.23. The van der Waals surface area contributed by atoms with Crippen molar-refractivity contribution < 1.29 is 9.53 Å². The van der Waals surface area contributed by atoms with Gasteiger partial charge >= 0.3 is 6.09 Å². The van der Waals surface area contributed by atoms with E-state index in [0.717, 1.165) is 69.8 Å². The number of benzene rings is 1. The fraction of sp³-hybridized carbons (Fsp3) is 0.667. The summed E-state index contributed by atoms with van der Waals surface area (Å²) in [5, 5.41) is 17.1. The molecule has 3 fully saturated rings. The maximum atomic E-state index is 12.0. The van der Waals surface area contributed by atoms with E-state index >= 15 is 0 Å². The van der Waals surface area contributed by atoms with Crippen molar-refractivity contribution in [3.8, 4) is 6.07 Å². The van der Waals surface area contributed by atoms with Crippen LogP contribution in [0.5, 0.6) is 0 Å². The normalized spacial score (nSPS) is 27.6. The summed E-state index contributed by atoms with van der Waals surface area (Å²) in [6, 6.07) is 13.1. The Bertz CT molecular complexity index is 752. The van der Waals surface area contributed by atoms with Crippen molar-refractivity contribution in [2.45, 2.75) is 43.6 Å². The highest BCUT2D eigenvalue weighted by Gasteiger charge is 2.52. The molecular formula is C24H34N4O2. The number of amides is 1. The number of carbonyl (C=O) groups is 1. The predicted molar refractivity (Wildman–Crippen MR) is 116 cm³/mol. The lowest BCUT2D eigenvalue weighted by molar-refractivity contribution is 0.0906. The molecule has 1 aromatic rings. The topological polar surface area (TPSA) is 77.4 Å². The minimum absolute atomic E-state index is 0.0172. The van der Waals surface area contributed by atoms with Crippen LogP contribution < -0.4 is 10.6 Å². The second kappa shape index (κ2) is 9.36. The van der Waals surface area contributed by atoms with E-state index in [1.807, 2.05) is 18.2 Å². The Balaban J connectivity index is 1.58. The van der Waals surface area contributed by atoms with Crippen LogP contribution in [0.4, 0.5) is 4.79 Å². The number of ether oxygens (including phenoxy) is 1. The Kier molecular flexibility index (Phi) is 6.60. The van der Waals surface area contributed by atoms with Gasteiger partial charge in [-0.3, -0.25) is 0 Å². The molecule has 162 valence electrons. The van der Waals surface area contributed by atoms with Gasteiger partial charge in [-0.05, 0) is 56.2 Å². The van der Waals surface area contributed by atoms with Crippen molar-refractivity contribution in [3.05, 3.63) is 35.9 Å². The maximum absolute atomic E-state index is 12.0. The standard InChI is InChI=1S/C24H34N4O2/c1-30-23(29)27-22-9-5-8-21(22)24(17-25,19-6-3-2-4-7-19)20-10-12-28(13-11-20)16-18-14-26-15-18/h2-4,6-7,18,20-22,26H,5,8-16H2,1H3,(H,27,29)/t21-,22-,24+/m0/s1. The molecule has 2 aliphatic heterocycles. The number of rotatable bonds is 6. The molecular weight excluding hydrogens is 376 g/mol. The first-order valence-electron chi connectivity index (χ1n) is 11.4. The minimum Gasteiger partial charge on any atom is -0.453 e. The number of piperidine rings is 1. The first-order valence-corrected chi connectivity index (χ1v) is 11.4. The van der Waals surface area contributed by atoms with Crippen LogP contribution in [0.3, 0.4) is 0 Å². The Labute approximate surface area is 180 Å². The van der Waals surface area contributed by atoms with Gasteiger partial charge in [-0.2, -0.15) is 5.26 Å². The molecule has 6 heteroatoms. The Hall–Kier alpha value is -2.10. The van der Waals surface area contributed by atoms with Crippen molar-refractivity contribution in [1.29, 1.82) is 5.26 Å². The molecule has 0 unspecified atom stereocenters. The summed E-state index contributed by atoms with van der Waals surface area (Å²) in [5.41, 5.74) is 0.533. The molecule has 1 aliphatic carbocycles. The maximum Gasteiger partial charge on any atom is 0.407 e. The largest absolute Gasteiger partial charge is 0.453 e. The Morgan fingerprint density at radius 3 is 2.57 bits per heavy atom. The van der Waals surface area contributed by atoms with Crippen LogP contribution in [0.1, 0.15) is 37.7 Å². The summed E-state index contributed by atoms with van der Waals surface area (Å²) < 4.78 is 4.88. The van der Waals surface area contributed by atoms with Gasteiger partial charge in [0.2, 0.25) is 0 Å². The van der Waals surface area contributed by atoms with Crippen LogP contribution in [0.15, 0.2) is 30.3 Å². The van der Waals surface area contributed by atoms with Gasteiger partial charge < -0.3 is 20.3 Å². The quantitative estimate of drug-likeness (QED) is 0.754. The third kappa shape index (κ3) is 4.06. The van der Waals surface area contributed by atoms with Gasteiger partial charge in [0, 0.05) is 31.6 Å². The number of nitrogens with one attached hydrogen (secondary N) is 2. The van der Waals surface area contributed by atoms with E-state index in [4.69, 9.17) is 4.74 Å². The molecule has 0 spiro atoms. The second-order valence-electron chi connectivity index (χ2n) is 9.23. The van der Waals surface area contributed by atoms with E-state index in [0.29, 0.717) is 5.92 Å². The van der Waals surface area contributed by atoms with Crippen molar-refractivity contribution in [3.63, 3.8) is 0 Å².